The molecule has 0 saturated carbocycles. The fourth-order valence-electron chi connectivity index (χ4n) is 1.74. The Bertz CT molecular complexity index is 740. The van der Waals surface area contributed by atoms with E-state index in [1.807, 2.05) is 35.0 Å². The van der Waals surface area contributed by atoms with Crippen LogP contribution in [0.2, 0.25) is 0 Å². The standard InChI is InChI=1S/C16H10N2O2S2/c19-15-8-14(18-10-12-4-2-6-22-12)16(20)7-13(15)17-9-11-3-1-5-21-11/h1-10H. The lowest BCUT2D eigenvalue weighted by Crippen LogP contribution is -2.11. The maximum Gasteiger partial charge on any atom is 0.206 e. The minimum atomic E-state index is -0.314. The van der Waals surface area contributed by atoms with Gasteiger partial charge in [0.25, 0.3) is 0 Å². The first-order chi connectivity index (χ1) is 10.7. The van der Waals surface area contributed by atoms with E-state index in [1.54, 1.807) is 12.4 Å². The van der Waals surface area contributed by atoms with Crippen LogP contribution in [-0.2, 0) is 9.59 Å². The van der Waals surface area contributed by atoms with Crippen LogP contribution in [0.1, 0.15) is 9.75 Å². The number of aliphatic imine (C=N–C) groups is 2. The summed E-state index contributed by atoms with van der Waals surface area (Å²) in [5, 5.41) is 3.84. The summed E-state index contributed by atoms with van der Waals surface area (Å²) >= 11 is 3.02. The van der Waals surface area contributed by atoms with E-state index in [4.69, 9.17) is 0 Å². The van der Waals surface area contributed by atoms with E-state index in [1.165, 1.54) is 34.8 Å². The number of ketones is 2. The Hall–Kier alpha value is -2.44. The molecule has 2 aromatic rings. The monoisotopic (exact) mass is 326 g/mol. The first kappa shape index (κ1) is 14.5. The van der Waals surface area contributed by atoms with Crippen LogP contribution in [0.4, 0.5) is 0 Å². The Labute approximate surface area is 134 Å². The molecule has 0 spiro atoms. The van der Waals surface area contributed by atoms with Crippen LogP contribution >= 0.6 is 22.7 Å². The van der Waals surface area contributed by atoms with Crippen LogP contribution in [-0.4, -0.2) is 24.0 Å². The molecule has 3 rings (SSSR count). The number of hydrogen-bond acceptors (Lipinski definition) is 6. The number of nitrogens with zero attached hydrogens (tertiary/aromatic N) is 2. The third kappa shape index (κ3) is 3.41. The maximum atomic E-state index is 12.0. The van der Waals surface area contributed by atoms with Crippen molar-refractivity contribution in [2.45, 2.75) is 0 Å². The van der Waals surface area contributed by atoms with E-state index in [2.05, 4.69) is 9.98 Å². The molecule has 6 heteroatoms. The Kier molecular flexibility index (Phi) is 4.32. The van der Waals surface area contributed by atoms with Crippen molar-refractivity contribution in [2.75, 3.05) is 0 Å². The summed E-state index contributed by atoms with van der Waals surface area (Å²) < 4.78 is 0. The third-order valence-corrected chi connectivity index (χ3v) is 4.40. The highest BCUT2D eigenvalue weighted by Crippen LogP contribution is 2.15. The molecule has 1 aliphatic carbocycles. The summed E-state index contributed by atoms with van der Waals surface area (Å²) in [6.45, 7) is 0. The van der Waals surface area contributed by atoms with E-state index in [0.717, 1.165) is 9.75 Å². The van der Waals surface area contributed by atoms with E-state index in [0.29, 0.717) is 0 Å². The van der Waals surface area contributed by atoms with Crippen molar-refractivity contribution in [3.8, 4) is 0 Å². The molecule has 0 saturated heterocycles. The van der Waals surface area contributed by atoms with Crippen LogP contribution in [0.15, 0.2) is 68.6 Å². The van der Waals surface area contributed by atoms with Gasteiger partial charge in [-0.3, -0.25) is 19.6 Å². The molecule has 4 nitrogen and oxygen atoms in total. The number of carbonyl (C=O) groups excluding carboxylic acids is 2. The van der Waals surface area contributed by atoms with Crippen molar-refractivity contribution >= 4 is 46.7 Å². The predicted molar refractivity (Wildman–Crippen MR) is 90.0 cm³/mol. The molecule has 0 bridgehead atoms. The second-order valence-corrected chi connectivity index (χ2v) is 6.29. The van der Waals surface area contributed by atoms with Crippen molar-refractivity contribution in [2.24, 2.45) is 9.98 Å². The van der Waals surface area contributed by atoms with Gasteiger partial charge in [0.05, 0.1) is 0 Å². The Balaban J connectivity index is 1.75. The summed E-state index contributed by atoms with van der Waals surface area (Å²) in [6, 6.07) is 7.56. The zero-order chi connectivity index (χ0) is 15.4. The molecule has 0 unspecified atom stereocenters. The quantitative estimate of drug-likeness (QED) is 0.639. The molecule has 0 amide bonds. The van der Waals surface area contributed by atoms with E-state index < -0.39 is 0 Å². The molecule has 2 heterocycles. The number of hydrogen-bond donors (Lipinski definition) is 0. The summed E-state index contributed by atoms with van der Waals surface area (Å²) in [4.78, 5) is 34.0. The number of rotatable bonds is 4. The minimum Gasteiger partial charge on any atom is -0.287 e. The molecule has 22 heavy (non-hydrogen) atoms. The highest BCUT2D eigenvalue weighted by atomic mass is 32.1. The maximum absolute atomic E-state index is 12.0. The van der Waals surface area contributed by atoms with Gasteiger partial charge in [-0.1, -0.05) is 12.1 Å². The van der Waals surface area contributed by atoms with Gasteiger partial charge in [0, 0.05) is 34.3 Å². The van der Waals surface area contributed by atoms with E-state index in [9.17, 15) is 9.59 Å². The largest absolute Gasteiger partial charge is 0.287 e. The van der Waals surface area contributed by atoms with Crippen molar-refractivity contribution < 1.29 is 9.59 Å². The summed E-state index contributed by atoms with van der Waals surface area (Å²) in [5.41, 5.74) is 0.266. The van der Waals surface area contributed by atoms with Crippen LogP contribution in [0.3, 0.4) is 0 Å². The highest BCUT2D eigenvalue weighted by molar-refractivity contribution is 7.12. The molecular formula is C16H10N2O2S2. The van der Waals surface area contributed by atoms with E-state index >= 15 is 0 Å². The van der Waals surface area contributed by atoms with Crippen LogP contribution in [0.5, 0.6) is 0 Å². The number of carbonyl (C=O) groups is 2. The Morgan fingerprint density at radius 3 is 1.59 bits per heavy atom. The number of thiophene rings is 2. The van der Waals surface area contributed by atoms with Gasteiger partial charge < -0.3 is 0 Å². The van der Waals surface area contributed by atoms with Crippen molar-refractivity contribution in [1.82, 2.24) is 0 Å². The van der Waals surface area contributed by atoms with Crippen molar-refractivity contribution in [3.05, 3.63) is 68.3 Å². The fourth-order valence-corrected chi connectivity index (χ4v) is 2.91. The second-order valence-electron chi connectivity index (χ2n) is 4.33. The zero-order valence-corrected chi connectivity index (χ0v) is 12.9. The smallest absolute Gasteiger partial charge is 0.206 e. The molecule has 108 valence electrons. The molecule has 2 aromatic heterocycles. The second kappa shape index (κ2) is 6.55. The van der Waals surface area contributed by atoms with E-state index in [-0.39, 0.29) is 23.0 Å². The normalized spacial score (nSPS) is 15.6. The highest BCUT2D eigenvalue weighted by Gasteiger charge is 2.19. The zero-order valence-electron chi connectivity index (χ0n) is 11.3. The summed E-state index contributed by atoms with van der Waals surface area (Å²) in [5.74, 6) is -0.628. The van der Waals surface area contributed by atoms with Gasteiger partial charge in [-0.2, -0.15) is 0 Å². The Morgan fingerprint density at radius 1 is 0.773 bits per heavy atom. The van der Waals surface area contributed by atoms with Gasteiger partial charge in [0.1, 0.15) is 11.4 Å². The van der Waals surface area contributed by atoms with Gasteiger partial charge in [-0.25, -0.2) is 0 Å². The van der Waals surface area contributed by atoms with Crippen molar-refractivity contribution in [3.63, 3.8) is 0 Å². The molecule has 0 fully saturated rings. The average molecular weight is 326 g/mol. The third-order valence-electron chi connectivity index (χ3n) is 2.79. The van der Waals surface area contributed by atoms with Gasteiger partial charge in [-0.15, -0.1) is 22.7 Å². The van der Waals surface area contributed by atoms with Gasteiger partial charge >= 0.3 is 0 Å². The van der Waals surface area contributed by atoms with Crippen molar-refractivity contribution in [1.29, 1.82) is 0 Å². The summed E-state index contributed by atoms with van der Waals surface area (Å²) in [6.07, 6.45) is 5.62. The average Bonchev–Trinajstić information content (AvgIpc) is 3.19. The fraction of sp³-hybridized carbons (Fsp3) is 0. The first-order valence-electron chi connectivity index (χ1n) is 6.39. The Morgan fingerprint density at radius 2 is 1.23 bits per heavy atom. The SMILES string of the molecule is O=C1C=C(N=Cc2cccs2)C(=O)C=C1N=Cc1cccs1. The summed E-state index contributed by atoms with van der Waals surface area (Å²) in [7, 11) is 0. The first-order valence-corrected chi connectivity index (χ1v) is 8.15. The topological polar surface area (TPSA) is 58.9 Å². The van der Waals surface area contributed by atoms with Crippen LogP contribution in [0, 0.1) is 0 Å². The lowest BCUT2D eigenvalue weighted by molar-refractivity contribution is -0.115. The van der Waals surface area contributed by atoms with Gasteiger partial charge in [0.15, 0.2) is 0 Å². The molecular weight excluding hydrogens is 316 g/mol. The van der Waals surface area contributed by atoms with Gasteiger partial charge in [-0.05, 0) is 22.9 Å². The lowest BCUT2D eigenvalue weighted by atomic mass is 10.1. The van der Waals surface area contributed by atoms with Crippen LogP contribution < -0.4 is 0 Å². The van der Waals surface area contributed by atoms with Gasteiger partial charge in [0.2, 0.25) is 11.6 Å². The molecule has 1 aliphatic rings. The molecule has 0 N–H and O–H groups in total. The molecule has 0 radical (unpaired) electrons. The predicted octanol–water partition coefficient (Wildman–Crippen LogP) is 3.27. The molecule has 0 atom stereocenters. The number of allylic oxidation sites excluding steroid dienone is 2. The lowest BCUT2D eigenvalue weighted by Gasteiger charge is -2.05. The van der Waals surface area contributed by atoms with Crippen LogP contribution in [0.25, 0.3) is 0 Å². The minimum absolute atomic E-state index is 0.133. The molecule has 0 aliphatic heterocycles. The molecule has 0 aromatic carbocycles.